The number of furan rings is 1. The fraction of sp³-hybridized carbons (Fsp3) is 0.260. The number of aromatic nitrogens is 1. The SMILES string of the molecule is CC(C)(C)c1ccc(N2c3ccc(C(C)(C)C)cc3B3c4cc(-n5c6ccccc6c6c7oc8ccccc8c7ccc65)c5c(c4N(c4ccc(C(C)(C)C)cc4)c4cc(C(C)(C)C)cc2c43)C(C)(C)c2ccccc2-5)cc1. The van der Waals surface area contributed by atoms with E-state index in [-0.39, 0.29) is 28.4 Å². The Morgan fingerprint density at radius 2 is 1.00 bits per heavy atom. The minimum Gasteiger partial charge on any atom is -0.455 e. The zero-order chi connectivity index (χ0) is 54.3. The molecule has 2 aliphatic heterocycles. The van der Waals surface area contributed by atoms with Gasteiger partial charge in [0.05, 0.1) is 22.1 Å². The van der Waals surface area contributed by atoms with Gasteiger partial charge < -0.3 is 18.8 Å². The molecule has 3 aliphatic rings. The van der Waals surface area contributed by atoms with Crippen LogP contribution in [0.15, 0.2) is 174 Å². The molecule has 0 atom stereocenters. The molecule has 0 saturated carbocycles. The highest BCUT2D eigenvalue weighted by Gasteiger charge is 2.50. The first-order valence-electron chi connectivity index (χ1n) is 28.3. The second kappa shape index (κ2) is 16.2. The van der Waals surface area contributed by atoms with Crippen LogP contribution >= 0.6 is 0 Å². The summed E-state index contributed by atoms with van der Waals surface area (Å²) in [6, 6.07) is 65.5. The predicted molar refractivity (Wildman–Crippen MR) is 334 cm³/mol. The highest BCUT2D eigenvalue weighted by molar-refractivity contribution is 7.00. The number of anilines is 6. The van der Waals surface area contributed by atoms with Crippen molar-refractivity contribution < 1.29 is 4.42 Å². The quantitative estimate of drug-likeness (QED) is 0.165. The number of nitrogens with zero attached hydrogens (tertiary/aromatic N) is 3. The maximum Gasteiger partial charge on any atom is 0.252 e. The molecule has 0 unspecified atom stereocenters. The summed E-state index contributed by atoms with van der Waals surface area (Å²) in [6.45, 7) is 32.9. The van der Waals surface area contributed by atoms with E-state index in [4.69, 9.17) is 4.42 Å². The number of hydrogen-bond donors (Lipinski definition) is 0. The molecule has 0 N–H and O–H groups in total. The molecule has 386 valence electrons. The van der Waals surface area contributed by atoms with Crippen molar-refractivity contribution >= 4 is 101 Å². The molecule has 4 heterocycles. The van der Waals surface area contributed by atoms with E-state index in [1.807, 2.05) is 0 Å². The highest BCUT2D eigenvalue weighted by atomic mass is 16.3. The third kappa shape index (κ3) is 6.92. The molecule has 0 bridgehead atoms. The van der Waals surface area contributed by atoms with Crippen molar-refractivity contribution in [3.8, 4) is 16.8 Å². The molecular formula is C73H70BN3O. The van der Waals surface area contributed by atoms with Crippen LogP contribution in [-0.2, 0) is 27.1 Å². The molecule has 14 rings (SSSR count). The Hall–Kier alpha value is -7.76. The zero-order valence-electron chi connectivity index (χ0n) is 48.0. The lowest BCUT2D eigenvalue weighted by atomic mass is 9.33. The van der Waals surface area contributed by atoms with Crippen LogP contribution in [-0.4, -0.2) is 11.3 Å². The zero-order valence-corrected chi connectivity index (χ0v) is 48.0. The van der Waals surface area contributed by atoms with Crippen molar-refractivity contribution in [3.05, 3.63) is 203 Å². The van der Waals surface area contributed by atoms with Crippen LogP contribution in [0.2, 0.25) is 0 Å². The van der Waals surface area contributed by atoms with Crippen molar-refractivity contribution in [3.63, 3.8) is 0 Å². The summed E-state index contributed by atoms with van der Waals surface area (Å²) in [5, 5.41) is 4.61. The van der Waals surface area contributed by atoms with E-state index in [9.17, 15) is 0 Å². The number of fused-ring (bicyclic) bond motifs is 15. The third-order valence-electron chi connectivity index (χ3n) is 18.0. The largest absolute Gasteiger partial charge is 0.455 e. The molecule has 9 aromatic carbocycles. The van der Waals surface area contributed by atoms with E-state index < -0.39 is 5.41 Å². The van der Waals surface area contributed by atoms with E-state index in [0.29, 0.717) is 0 Å². The summed E-state index contributed by atoms with van der Waals surface area (Å²) < 4.78 is 9.53. The van der Waals surface area contributed by atoms with Gasteiger partial charge in [0.25, 0.3) is 6.71 Å². The van der Waals surface area contributed by atoms with Gasteiger partial charge in [0.15, 0.2) is 0 Å². The second-order valence-electron chi connectivity index (χ2n) is 27.4. The first-order chi connectivity index (χ1) is 37.0. The van der Waals surface area contributed by atoms with E-state index in [1.165, 1.54) is 100 Å². The van der Waals surface area contributed by atoms with Crippen LogP contribution < -0.4 is 26.2 Å². The van der Waals surface area contributed by atoms with Gasteiger partial charge in [0, 0.05) is 61.3 Å². The van der Waals surface area contributed by atoms with Crippen molar-refractivity contribution in [1.82, 2.24) is 4.57 Å². The van der Waals surface area contributed by atoms with Crippen LogP contribution in [0.1, 0.15) is 130 Å². The van der Waals surface area contributed by atoms with Gasteiger partial charge in [-0.3, -0.25) is 0 Å². The summed E-state index contributed by atoms with van der Waals surface area (Å²) in [4.78, 5) is 5.30. The predicted octanol–water partition coefficient (Wildman–Crippen LogP) is 18.3. The fourth-order valence-corrected chi connectivity index (χ4v) is 13.7. The third-order valence-corrected chi connectivity index (χ3v) is 18.0. The van der Waals surface area contributed by atoms with Gasteiger partial charge in [-0.1, -0.05) is 194 Å². The Balaban J connectivity index is 1.18. The number of benzene rings is 9. The number of rotatable bonds is 3. The molecule has 0 saturated heterocycles. The van der Waals surface area contributed by atoms with Crippen molar-refractivity contribution in [2.75, 3.05) is 9.80 Å². The van der Waals surface area contributed by atoms with E-state index >= 15 is 0 Å². The standard InChI is InChI=1S/C73H70BN3O/c1-69(2,3)43-27-32-47(33-28-43)75-57-37-31-45(71(7,8)9)39-54(57)74-55-42-59(77-56-25-19-16-23-52(56)64-58(77)38-36-50-49-21-17-20-26-62(49)78-68(50)64)63-51-22-15-18-24-53(51)73(13,14)65(63)67(55)76(48-34-29-44(30-35-48)70(4,5)6)61-41-46(72(10,11)12)40-60(75)66(61)74/h15-42H,1-14H3. The molecule has 4 nitrogen and oxygen atoms in total. The lowest BCUT2D eigenvalue weighted by Crippen LogP contribution is -2.62. The van der Waals surface area contributed by atoms with Crippen LogP contribution in [0.4, 0.5) is 34.1 Å². The second-order valence-corrected chi connectivity index (χ2v) is 27.4. The molecule has 2 aromatic heterocycles. The average molecular weight is 1020 g/mol. The lowest BCUT2D eigenvalue weighted by molar-refractivity contribution is 0.589. The molecule has 0 fully saturated rings. The van der Waals surface area contributed by atoms with Crippen molar-refractivity contribution in [2.24, 2.45) is 0 Å². The van der Waals surface area contributed by atoms with Crippen LogP contribution in [0.3, 0.4) is 0 Å². The summed E-state index contributed by atoms with van der Waals surface area (Å²) >= 11 is 0. The smallest absolute Gasteiger partial charge is 0.252 e. The molecule has 1 aliphatic carbocycles. The summed E-state index contributed by atoms with van der Waals surface area (Å²) in [5.74, 6) is 0. The molecule has 5 heteroatoms. The number of hydrogen-bond acceptors (Lipinski definition) is 3. The van der Waals surface area contributed by atoms with Gasteiger partial charge in [0.2, 0.25) is 0 Å². The fourth-order valence-electron chi connectivity index (χ4n) is 13.7. The molecule has 0 spiro atoms. The molecule has 0 radical (unpaired) electrons. The van der Waals surface area contributed by atoms with Crippen LogP contribution in [0, 0.1) is 0 Å². The summed E-state index contributed by atoms with van der Waals surface area (Å²) in [5.41, 5.74) is 26.5. The van der Waals surface area contributed by atoms with Gasteiger partial charge >= 0.3 is 0 Å². The monoisotopic (exact) mass is 1020 g/mol. The van der Waals surface area contributed by atoms with E-state index in [0.717, 1.165) is 44.0 Å². The average Bonchev–Trinajstić information content (AvgIpc) is 4.19. The van der Waals surface area contributed by atoms with Gasteiger partial charge in [-0.15, -0.1) is 0 Å². The van der Waals surface area contributed by atoms with E-state index in [1.54, 1.807) is 0 Å². The Kier molecular flexibility index (Phi) is 10.1. The minimum absolute atomic E-state index is 0.0116. The minimum atomic E-state index is -0.395. The Morgan fingerprint density at radius 3 is 1.65 bits per heavy atom. The first kappa shape index (κ1) is 48.6. The molecule has 11 aromatic rings. The van der Waals surface area contributed by atoms with Gasteiger partial charge in [-0.05, 0) is 150 Å². The lowest BCUT2D eigenvalue weighted by Gasteiger charge is -2.47. The maximum atomic E-state index is 6.94. The Morgan fingerprint density at radius 1 is 0.436 bits per heavy atom. The summed E-state index contributed by atoms with van der Waals surface area (Å²) in [7, 11) is 0. The molecular weight excluding hydrogens is 946 g/mol. The highest BCUT2D eigenvalue weighted by Crippen LogP contribution is 2.58. The van der Waals surface area contributed by atoms with Crippen molar-refractivity contribution in [2.45, 2.75) is 124 Å². The first-order valence-corrected chi connectivity index (χ1v) is 28.3. The normalized spacial score (nSPS) is 14.8. The maximum absolute atomic E-state index is 6.94. The Labute approximate surface area is 461 Å². The topological polar surface area (TPSA) is 24.6 Å². The van der Waals surface area contributed by atoms with Gasteiger partial charge in [0.1, 0.15) is 11.2 Å². The van der Waals surface area contributed by atoms with E-state index in [2.05, 4.69) is 281 Å². The molecule has 78 heavy (non-hydrogen) atoms. The van der Waals surface area contributed by atoms with Crippen molar-refractivity contribution in [1.29, 1.82) is 0 Å². The van der Waals surface area contributed by atoms with Crippen LogP contribution in [0.25, 0.3) is 60.6 Å². The van der Waals surface area contributed by atoms with Gasteiger partial charge in [-0.25, -0.2) is 0 Å². The summed E-state index contributed by atoms with van der Waals surface area (Å²) in [6.07, 6.45) is 0. The molecule has 0 amide bonds. The van der Waals surface area contributed by atoms with Gasteiger partial charge in [-0.2, -0.15) is 0 Å². The van der Waals surface area contributed by atoms with Crippen LogP contribution in [0.5, 0.6) is 0 Å². The Bertz CT molecular complexity index is 4330. The number of para-hydroxylation sites is 2.